The Morgan fingerprint density at radius 3 is 2.45 bits per heavy atom. The summed E-state index contributed by atoms with van der Waals surface area (Å²) in [4.78, 5) is 26.6. The summed E-state index contributed by atoms with van der Waals surface area (Å²) >= 11 is 0. The fraction of sp³-hybridized carbons (Fsp3) is 0.500. The Labute approximate surface area is 183 Å². The second-order valence-electron chi connectivity index (χ2n) is 8.97. The van der Waals surface area contributed by atoms with Crippen LogP contribution in [0.15, 0.2) is 24.4 Å². The maximum absolute atomic E-state index is 12.8. The predicted molar refractivity (Wildman–Crippen MR) is 122 cm³/mol. The van der Waals surface area contributed by atoms with E-state index in [-0.39, 0.29) is 5.92 Å². The van der Waals surface area contributed by atoms with Crippen LogP contribution in [-0.2, 0) is 4.79 Å². The molecule has 1 aliphatic heterocycles. The highest BCUT2D eigenvalue weighted by Crippen LogP contribution is 2.30. The van der Waals surface area contributed by atoms with Crippen LogP contribution in [0.25, 0.3) is 16.7 Å². The number of fused-ring (bicyclic) bond motifs is 1. The molecule has 1 aliphatic carbocycles. The SMILES string of the molecule is Cc1ccc(-n2ncc3c(N4CCN(C(=O)C5CCCC5)CC4)nc(C)nc32)c(C)c1. The van der Waals surface area contributed by atoms with Gasteiger partial charge in [-0.1, -0.05) is 30.5 Å². The Morgan fingerprint density at radius 2 is 1.74 bits per heavy atom. The van der Waals surface area contributed by atoms with Crippen molar-refractivity contribution in [2.24, 2.45) is 5.92 Å². The van der Waals surface area contributed by atoms with E-state index in [1.807, 2.05) is 17.8 Å². The zero-order valence-electron chi connectivity index (χ0n) is 18.6. The van der Waals surface area contributed by atoms with Gasteiger partial charge in [-0.25, -0.2) is 14.6 Å². The van der Waals surface area contributed by atoms with Crippen LogP contribution in [0, 0.1) is 26.7 Å². The number of piperazine rings is 1. The maximum atomic E-state index is 12.8. The van der Waals surface area contributed by atoms with E-state index in [4.69, 9.17) is 9.97 Å². The Morgan fingerprint density at radius 1 is 1.00 bits per heavy atom. The topological polar surface area (TPSA) is 67.2 Å². The summed E-state index contributed by atoms with van der Waals surface area (Å²) in [6.45, 7) is 9.22. The molecule has 0 unspecified atom stereocenters. The summed E-state index contributed by atoms with van der Waals surface area (Å²) in [5, 5.41) is 5.63. The van der Waals surface area contributed by atoms with Crippen LogP contribution < -0.4 is 4.90 Å². The van der Waals surface area contributed by atoms with Crippen molar-refractivity contribution in [1.82, 2.24) is 24.6 Å². The minimum absolute atomic E-state index is 0.246. The summed E-state index contributed by atoms with van der Waals surface area (Å²) in [7, 11) is 0. The highest BCUT2D eigenvalue weighted by molar-refractivity contribution is 5.88. The summed E-state index contributed by atoms with van der Waals surface area (Å²) in [5.74, 6) is 2.25. The number of carbonyl (C=O) groups excluding carboxylic acids is 1. The van der Waals surface area contributed by atoms with Crippen molar-refractivity contribution in [3.8, 4) is 5.69 Å². The van der Waals surface area contributed by atoms with Crippen LogP contribution in [0.1, 0.15) is 42.6 Å². The van der Waals surface area contributed by atoms with Gasteiger partial charge in [0.2, 0.25) is 5.91 Å². The van der Waals surface area contributed by atoms with Crippen molar-refractivity contribution in [2.45, 2.75) is 46.5 Å². The number of hydrogen-bond donors (Lipinski definition) is 0. The molecule has 0 spiro atoms. The maximum Gasteiger partial charge on any atom is 0.225 e. The number of aromatic nitrogens is 4. The van der Waals surface area contributed by atoms with E-state index in [0.29, 0.717) is 5.91 Å². The van der Waals surface area contributed by atoms with Gasteiger partial charge in [0.25, 0.3) is 0 Å². The number of anilines is 1. The van der Waals surface area contributed by atoms with Crippen molar-refractivity contribution in [3.63, 3.8) is 0 Å². The Kier molecular flexibility index (Phi) is 5.12. The fourth-order valence-corrected chi connectivity index (χ4v) is 5.03. The number of amides is 1. The molecule has 0 atom stereocenters. The van der Waals surface area contributed by atoms with Gasteiger partial charge in [0.1, 0.15) is 11.6 Å². The van der Waals surface area contributed by atoms with Crippen LogP contribution in [0.4, 0.5) is 5.82 Å². The molecule has 3 aromatic rings. The minimum atomic E-state index is 0.246. The van der Waals surface area contributed by atoms with Crippen molar-refractivity contribution in [2.75, 3.05) is 31.1 Å². The molecular weight excluding hydrogens is 388 g/mol. The molecule has 0 N–H and O–H groups in total. The van der Waals surface area contributed by atoms with Gasteiger partial charge in [0, 0.05) is 32.1 Å². The first kappa shape index (κ1) is 20.0. The first-order chi connectivity index (χ1) is 15.0. The second kappa shape index (κ2) is 7.94. The van der Waals surface area contributed by atoms with Gasteiger partial charge in [-0.05, 0) is 45.2 Å². The van der Waals surface area contributed by atoms with Gasteiger partial charge in [-0.3, -0.25) is 4.79 Å². The fourth-order valence-electron chi connectivity index (χ4n) is 5.03. The summed E-state index contributed by atoms with van der Waals surface area (Å²) in [6.07, 6.45) is 6.38. The largest absolute Gasteiger partial charge is 0.352 e. The molecule has 1 saturated heterocycles. The normalized spacial score (nSPS) is 17.6. The molecule has 1 aromatic carbocycles. The zero-order chi connectivity index (χ0) is 21.5. The molecule has 0 bridgehead atoms. The first-order valence-electron chi connectivity index (χ1n) is 11.3. The third-order valence-electron chi connectivity index (χ3n) is 6.70. The van der Waals surface area contributed by atoms with Crippen molar-refractivity contribution in [3.05, 3.63) is 41.3 Å². The first-order valence-corrected chi connectivity index (χ1v) is 11.3. The molecule has 2 fully saturated rings. The van der Waals surface area contributed by atoms with E-state index in [1.54, 1.807) is 0 Å². The number of rotatable bonds is 3. The van der Waals surface area contributed by atoms with Crippen LogP contribution in [-0.4, -0.2) is 56.7 Å². The number of carbonyl (C=O) groups is 1. The van der Waals surface area contributed by atoms with Crippen LogP contribution in [0.3, 0.4) is 0 Å². The Hall–Kier alpha value is -2.96. The molecule has 1 amide bonds. The number of aryl methyl sites for hydroxylation is 3. The molecular formula is C24H30N6O. The monoisotopic (exact) mass is 418 g/mol. The lowest BCUT2D eigenvalue weighted by Gasteiger charge is -2.36. The Balaban J connectivity index is 1.42. The van der Waals surface area contributed by atoms with Crippen LogP contribution in [0.2, 0.25) is 0 Å². The van der Waals surface area contributed by atoms with Gasteiger partial charge in [-0.2, -0.15) is 5.10 Å². The number of benzene rings is 1. The lowest BCUT2D eigenvalue weighted by Crippen LogP contribution is -2.50. The second-order valence-corrected chi connectivity index (χ2v) is 8.97. The van der Waals surface area contributed by atoms with E-state index in [2.05, 4.69) is 46.9 Å². The zero-order valence-corrected chi connectivity index (χ0v) is 18.6. The van der Waals surface area contributed by atoms with E-state index < -0.39 is 0 Å². The highest BCUT2D eigenvalue weighted by atomic mass is 16.2. The van der Waals surface area contributed by atoms with Gasteiger partial charge >= 0.3 is 0 Å². The van der Waals surface area contributed by atoms with Crippen LogP contribution in [0.5, 0.6) is 0 Å². The molecule has 0 radical (unpaired) electrons. The summed E-state index contributed by atoms with van der Waals surface area (Å²) in [5.41, 5.74) is 4.27. The standard InChI is InChI=1S/C24H30N6O/c1-16-8-9-21(17(2)14-16)30-23-20(15-25-30)22(26-18(3)27-23)28-10-12-29(13-11-28)24(31)19-6-4-5-7-19/h8-9,14-15,19H,4-7,10-13H2,1-3H3. The molecule has 7 heteroatoms. The lowest BCUT2D eigenvalue weighted by molar-refractivity contribution is -0.135. The van der Waals surface area contributed by atoms with Gasteiger partial charge in [0.15, 0.2) is 5.65 Å². The molecule has 162 valence electrons. The van der Waals surface area contributed by atoms with Crippen LogP contribution >= 0.6 is 0 Å². The third-order valence-corrected chi connectivity index (χ3v) is 6.70. The van der Waals surface area contributed by atoms with Gasteiger partial charge in [-0.15, -0.1) is 0 Å². The van der Waals surface area contributed by atoms with Gasteiger partial charge < -0.3 is 9.80 Å². The highest BCUT2D eigenvalue weighted by Gasteiger charge is 2.30. The van der Waals surface area contributed by atoms with Crippen molar-refractivity contribution >= 4 is 22.8 Å². The third kappa shape index (κ3) is 3.66. The average molecular weight is 419 g/mol. The van der Waals surface area contributed by atoms with Crippen molar-refractivity contribution in [1.29, 1.82) is 0 Å². The molecule has 7 nitrogen and oxygen atoms in total. The quantitative estimate of drug-likeness (QED) is 0.650. The molecule has 2 aromatic heterocycles. The molecule has 31 heavy (non-hydrogen) atoms. The van der Waals surface area contributed by atoms with E-state index in [1.165, 1.54) is 24.0 Å². The van der Waals surface area contributed by atoms with Gasteiger partial charge in [0.05, 0.1) is 17.3 Å². The summed E-state index contributed by atoms with van der Waals surface area (Å²) < 4.78 is 1.92. The molecule has 5 rings (SSSR count). The smallest absolute Gasteiger partial charge is 0.225 e. The van der Waals surface area contributed by atoms with E-state index >= 15 is 0 Å². The van der Waals surface area contributed by atoms with E-state index in [0.717, 1.165) is 67.4 Å². The number of nitrogens with zero attached hydrogens (tertiary/aromatic N) is 6. The average Bonchev–Trinajstić information content (AvgIpc) is 3.43. The number of hydrogen-bond acceptors (Lipinski definition) is 5. The molecule has 2 aliphatic rings. The molecule has 3 heterocycles. The van der Waals surface area contributed by atoms with E-state index in [9.17, 15) is 4.79 Å². The predicted octanol–water partition coefficient (Wildman–Crippen LogP) is 3.58. The summed E-state index contributed by atoms with van der Waals surface area (Å²) in [6, 6.07) is 6.37. The lowest BCUT2D eigenvalue weighted by atomic mass is 10.1. The Bertz CT molecular complexity index is 1120. The molecule has 1 saturated carbocycles. The van der Waals surface area contributed by atoms with Crippen molar-refractivity contribution < 1.29 is 4.79 Å². The minimum Gasteiger partial charge on any atom is -0.352 e.